The van der Waals surface area contributed by atoms with Gasteiger partial charge in [-0.05, 0) is 6.42 Å². The van der Waals surface area contributed by atoms with Crippen LogP contribution in [0.25, 0.3) is 0 Å². The van der Waals surface area contributed by atoms with E-state index in [2.05, 4.69) is 19.1 Å². The third kappa shape index (κ3) is 3.42. The summed E-state index contributed by atoms with van der Waals surface area (Å²) >= 11 is 3.83. The van der Waals surface area contributed by atoms with Gasteiger partial charge in [-0.3, -0.25) is 4.79 Å². The summed E-state index contributed by atoms with van der Waals surface area (Å²) in [5.41, 5.74) is 0.830. The summed E-state index contributed by atoms with van der Waals surface area (Å²) in [5, 5.41) is 0. The van der Waals surface area contributed by atoms with Crippen LogP contribution < -0.4 is 0 Å². The van der Waals surface area contributed by atoms with Gasteiger partial charge in [0.15, 0.2) is 5.78 Å². The van der Waals surface area contributed by atoms with Gasteiger partial charge in [-0.25, -0.2) is 0 Å². The highest BCUT2D eigenvalue weighted by molar-refractivity contribution is 8.20. The van der Waals surface area contributed by atoms with E-state index in [1.54, 1.807) is 0 Å². The molecule has 0 aliphatic carbocycles. The summed E-state index contributed by atoms with van der Waals surface area (Å²) in [4.78, 5) is 12.6. The van der Waals surface area contributed by atoms with E-state index in [9.17, 15) is 4.79 Å². The molecular formula is C15H18OS2. The lowest BCUT2D eigenvalue weighted by molar-refractivity contribution is 0.0952. The Morgan fingerprint density at radius 2 is 2.00 bits per heavy atom. The fourth-order valence-electron chi connectivity index (χ4n) is 1.96. The van der Waals surface area contributed by atoms with Gasteiger partial charge in [-0.2, -0.15) is 0 Å². The zero-order valence-corrected chi connectivity index (χ0v) is 12.2. The molecule has 0 spiro atoms. The van der Waals surface area contributed by atoms with Gasteiger partial charge in [0.1, 0.15) is 0 Å². The molecule has 0 N–H and O–H groups in total. The first-order chi connectivity index (χ1) is 8.83. The molecule has 18 heavy (non-hydrogen) atoms. The molecule has 1 heterocycles. The van der Waals surface area contributed by atoms with E-state index in [1.165, 1.54) is 0 Å². The van der Waals surface area contributed by atoms with Gasteiger partial charge in [-0.1, -0.05) is 49.4 Å². The normalized spacial score (nSPS) is 18.3. The van der Waals surface area contributed by atoms with E-state index in [0.717, 1.165) is 23.5 Å². The predicted octanol–water partition coefficient (Wildman–Crippen LogP) is 4.26. The molecule has 0 bridgehead atoms. The van der Waals surface area contributed by atoms with Crippen molar-refractivity contribution in [2.75, 3.05) is 11.5 Å². The van der Waals surface area contributed by atoms with Crippen LogP contribution in [-0.2, 0) is 0 Å². The Kier molecular flexibility index (Phi) is 5.39. The average Bonchev–Trinajstić information content (AvgIpc) is 2.94. The van der Waals surface area contributed by atoms with Gasteiger partial charge in [0.2, 0.25) is 0 Å². The molecule has 0 aromatic heterocycles. The zero-order valence-electron chi connectivity index (χ0n) is 10.5. The molecule has 0 amide bonds. The number of thioether (sulfide) groups is 2. The van der Waals surface area contributed by atoms with Crippen molar-refractivity contribution >= 4 is 29.3 Å². The van der Waals surface area contributed by atoms with Gasteiger partial charge in [0.05, 0.1) is 10.5 Å². The largest absolute Gasteiger partial charge is 0.293 e. The third-order valence-electron chi connectivity index (χ3n) is 2.88. The Morgan fingerprint density at radius 3 is 2.61 bits per heavy atom. The molecule has 1 unspecified atom stereocenters. The minimum absolute atomic E-state index is 0.0184. The first-order valence-corrected chi connectivity index (χ1v) is 8.42. The number of Topliss-reactive ketones (excluding diaryl/α,β-unsaturated/α-hetero) is 1. The van der Waals surface area contributed by atoms with E-state index >= 15 is 0 Å². The Hall–Kier alpha value is -0.670. The van der Waals surface area contributed by atoms with Crippen LogP contribution in [0, 0.1) is 5.92 Å². The van der Waals surface area contributed by atoms with Crippen molar-refractivity contribution in [3.8, 4) is 0 Å². The number of benzene rings is 1. The molecule has 96 valence electrons. The second-order valence-corrected chi connectivity index (χ2v) is 7.00. The lowest BCUT2D eigenvalue weighted by atomic mass is 9.98. The molecular weight excluding hydrogens is 260 g/mol. The van der Waals surface area contributed by atoms with Crippen molar-refractivity contribution in [2.45, 2.75) is 17.9 Å². The van der Waals surface area contributed by atoms with Crippen LogP contribution in [0.4, 0.5) is 0 Å². The molecule has 1 aromatic rings. The first-order valence-electron chi connectivity index (χ1n) is 6.32. The summed E-state index contributed by atoms with van der Waals surface area (Å²) < 4.78 is 0.389. The van der Waals surface area contributed by atoms with Crippen molar-refractivity contribution < 1.29 is 4.79 Å². The Labute approximate surface area is 117 Å². The van der Waals surface area contributed by atoms with Gasteiger partial charge in [-0.15, -0.1) is 23.5 Å². The van der Waals surface area contributed by atoms with Crippen LogP contribution in [0.2, 0.25) is 0 Å². The maximum Gasteiger partial charge on any atom is 0.171 e. The van der Waals surface area contributed by atoms with Crippen molar-refractivity contribution in [2.24, 2.45) is 5.92 Å². The lowest BCUT2D eigenvalue weighted by Crippen LogP contribution is -2.20. The second-order valence-electron chi connectivity index (χ2n) is 4.20. The van der Waals surface area contributed by atoms with Crippen LogP contribution in [0.15, 0.2) is 42.5 Å². The van der Waals surface area contributed by atoms with E-state index in [0.29, 0.717) is 4.58 Å². The summed E-state index contributed by atoms with van der Waals surface area (Å²) in [5.74, 6) is 2.60. The van der Waals surface area contributed by atoms with Gasteiger partial charge in [0, 0.05) is 17.1 Å². The molecule has 1 aromatic carbocycles. The molecule has 1 saturated heterocycles. The molecule has 1 aliphatic heterocycles. The smallest absolute Gasteiger partial charge is 0.171 e. The number of hydrogen-bond acceptors (Lipinski definition) is 3. The Bertz CT molecular complexity index is 408. The maximum absolute atomic E-state index is 12.6. The minimum Gasteiger partial charge on any atom is -0.293 e. The molecule has 1 nitrogen and oxygen atoms in total. The van der Waals surface area contributed by atoms with Crippen LogP contribution in [0.5, 0.6) is 0 Å². The Balaban J connectivity index is 2.17. The molecule has 0 saturated carbocycles. The van der Waals surface area contributed by atoms with Gasteiger partial charge in [0.25, 0.3) is 0 Å². The number of rotatable bonds is 5. The van der Waals surface area contributed by atoms with Crippen molar-refractivity contribution in [1.29, 1.82) is 0 Å². The highest BCUT2D eigenvalue weighted by Crippen LogP contribution is 2.39. The molecule has 2 rings (SSSR count). The summed E-state index contributed by atoms with van der Waals surface area (Å²) in [6, 6.07) is 9.65. The number of carbonyl (C=O) groups is 1. The van der Waals surface area contributed by atoms with Crippen molar-refractivity contribution in [1.82, 2.24) is 0 Å². The predicted molar refractivity (Wildman–Crippen MR) is 82.4 cm³/mol. The van der Waals surface area contributed by atoms with Crippen LogP contribution in [0.3, 0.4) is 0 Å². The quantitative estimate of drug-likeness (QED) is 0.592. The van der Waals surface area contributed by atoms with Crippen molar-refractivity contribution in [3.63, 3.8) is 0 Å². The van der Waals surface area contributed by atoms with Crippen LogP contribution in [-0.4, -0.2) is 21.9 Å². The monoisotopic (exact) mass is 278 g/mol. The topological polar surface area (TPSA) is 17.1 Å². The highest BCUT2D eigenvalue weighted by atomic mass is 32.2. The number of hydrogen-bond donors (Lipinski definition) is 0. The maximum atomic E-state index is 12.6. The number of allylic oxidation sites excluding steroid dienone is 2. The Morgan fingerprint density at radius 1 is 1.33 bits per heavy atom. The third-order valence-corrected chi connectivity index (χ3v) is 6.08. The fourth-order valence-corrected chi connectivity index (χ4v) is 5.00. The number of carbonyl (C=O) groups excluding carboxylic acids is 1. The van der Waals surface area contributed by atoms with Gasteiger partial charge >= 0.3 is 0 Å². The van der Waals surface area contributed by atoms with Crippen LogP contribution in [0.1, 0.15) is 23.7 Å². The van der Waals surface area contributed by atoms with E-state index in [1.807, 2.05) is 53.9 Å². The van der Waals surface area contributed by atoms with Crippen LogP contribution >= 0.6 is 23.5 Å². The zero-order chi connectivity index (χ0) is 12.8. The number of ketones is 1. The summed E-state index contributed by atoms with van der Waals surface area (Å²) in [6.07, 6.45) is 5.21. The SMILES string of the molecule is CC/C=C/C(C(=O)c1ccccc1)C1SCCS1. The van der Waals surface area contributed by atoms with Gasteiger partial charge < -0.3 is 0 Å². The summed E-state index contributed by atoms with van der Waals surface area (Å²) in [6.45, 7) is 2.11. The standard InChI is InChI=1S/C15H18OS2/c1-2-3-9-13(15-17-10-11-18-15)14(16)12-7-5-4-6-8-12/h3-9,13,15H,2,10-11H2,1H3/b9-3+. The van der Waals surface area contributed by atoms with Crippen molar-refractivity contribution in [3.05, 3.63) is 48.0 Å². The molecule has 1 atom stereocenters. The molecule has 0 radical (unpaired) electrons. The van der Waals surface area contributed by atoms with E-state index in [4.69, 9.17) is 0 Å². The summed E-state index contributed by atoms with van der Waals surface area (Å²) in [7, 11) is 0. The highest BCUT2D eigenvalue weighted by Gasteiger charge is 2.30. The molecule has 3 heteroatoms. The fraction of sp³-hybridized carbons (Fsp3) is 0.400. The average molecular weight is 278 g/mol. The first kappa shape index (κ1) is 13.8. The molecule has 1 aliphatic rings. The van der Waals surface area contributed by atoms with E-state index in [-0.39, 0.29) is 11.7 Å². The second kappa shape index (κ2) is 7.05. The lowest BCUT2D eigenvalue weighted by Gasteiger charge is -2.17. The van der Waals surface area contributed by atoms with E-state index < -0.39 is 0 Å². The molecule has 1 fully saturated rings. The minimum atomic E-state index is 0.0184.